The summed E-state index contributed by atoms with van der Waals surface area (Å²) in [5, 5.41) is 3.88. The smallest absolute Gasteiger partial charge is 0.251 e. The molecule has 0 fully saturated rings. The number of halogens is 2. The minimum atomic E-state index is -0.146. The fourth-order valence-electron chi connectivity index (χ4n) is 2.36. The molecule has 3 rings (SSSR count). The fourth-order valence-corrected chi connectivity index (χ4v) is 2.89. The molecule has 0 aliphatic heterocycles. The van der Waals surface area contributed by atoms with Gasteiger partial charge in [0.25, 0.3) is 5.91 Å². The molecule has 5 nitrogen and oxygen atoms in total. The molecule has 7 heteroatoms. The summed E-state index contributed by atoms with van der Waals surface area (Å²) in [7, 11) is 3.91. The lowest BCUT2D eigenvalue weighted by atomic mass is 10.2. The minimum Gasteiger partial charge on any atom is -0.436 e. The van der Waals surface area contributed by atoms with E-state index < -0.39 is 0 Å². The number of rotatable bonds is 5. The largest absolute Gasteiger partial charge is 0.436 e. The zero-order valence-corrected chi connectivity index (χ0v) is 15.4. The third-order valence-corrected chi connectivity index (χ3v) is 4.04. The van der Waals surface area contributed by atoms with E-state index in [-0.39, 0.29) is 5.91 Å². The highest BCUT2D eigenvalue weighted by molar-refractivity contribution is 6.35. The molecule has 0 saturated heterocycles. The number of likely N-dealkylation sites (N-methyl/N-ethyl adjacent to an activating group) is 1. The molecule has 0 aliphatic carbocycles. The second kappa shape index (κ2) is 7.44. The van der Waals surface area contributed by atoms with Gasteiger partial charge in [0.1, 0.15) is 5.52 Å². The van der Waals surface area contributed by atoms with Crippen LogP contribution in [0, 0.1) is 0 Å². The predicted octanol–water partition coefficient (Wildman–Crippen LogP) is 4.09. The quantitative estimate of drug-likeness (QED) is 0.727. The van der Waals surface area contributed by atoms with Gasteiger partial charge in [-0.2, -0.15) is 0 Å². The van der Waals surface area contributed by atoms with Crippen molar-refractivity contribution < 1.29 is 9.21 Å². The van der Waals surface area contributed by atoms with Crippen LogP contribution in [0.25, 0.3) is 22.6 Å². The van der Waals surface area contributed by atoms with E-state index in [0.717, 1.165) is 6.54 Å². The average molecular weight is 378 g/mol. The Balaban J connectivity index is 1.85. The number of amides is 1. The highest BCUT2D eigenvalue weighted by atomic mass is 35.5. The van der Waals surface area contributed by atoms with E-state index in [0.29, 0.717) is 44.7 Å². The van der Waals surface area contributed by atoms with E-state index in [4.69, 9.17) is 27.6 Å². The van der Waals surface area contributed by atoms with Crippen LogP contribution in [0.15, 0.2) is 40.8 Å². The van der Waals surface area contributed by atoms with E-state index in [2.05, 4.69) is 10.3 Å². The Hall–Kier alpha value is -2.08. The van der Waals surface area contributed by atoms with Gasteiger partial charge < -0.3 is 14.6 Å². The summed E-state index contributed by atoms with van der Waals surface area (Å²) >= 11 is 12.1. The SMILES string of the molecule is CN(C)CCNC(=O)c1ccc2nc(-c3cc(Cl)cc(Cl)c3)oc2c1. The molecule has 1 amide bonds. The molecule has 0 unspecified atom stereocenters. The van der Waals surface area contributed by atoms with E-state index in [9.17, 15) is 4.79 Å². The molecule has 1 N–H and O–H groups in total. The Morgan fingerprint density at radius 2 is 1.88 bits per heavy atom. The molecule has 25 heavy (non-hydrogen) atoms. The Labute approximate surface area is 155 Å². The molecule has 130 valence electrons. The first-order valence-electron chi connectivity index (χ1n) is 7.72. The van der Waals surface area contributed by atoms with E-state index in [1.54, 1.807) is 36.4 Å². The number of carbonyl (C=O) groups is 1. The first kappa shape index (κ1) is 17.7. The van der Waals surface area contributed by atoms with Crippen LogP contribution in [0.1, 0.15) is 10.4 Å². The number of nitrogens with one attached hydrogen (secondary N) is 1. The van der Waals surface area contributed by atoms with Crippen LogP contribution in [-0.2, 0) is 0 Å². The van der Waals surface area contributed by atoms with Gasteiger partial charge in [-0.1, -0.05) is 23.2 Å². The lowest BCUT2D eigenvalue weighted by Gasteiger charge is -2.10. The van der Waals surface area contributed by atoms with Crippen molar-refractivity contribution >= 4 is 40.2 Å². The topological polar surface area (TPSA) is 58.4 Å². The van der Waals surface area contributed by atoms with Crippen molar-refractivity contribution in [2.45, 2.75) is 0 Å². The van der Waals surface area contributed by atoms with Crippen LogP contribution in [0.2, 0.25) is 10.0 Å². The van der Waals surface area contributed by atoms with Gasteiger partial charge in [-0.3, -0.25) is 4.79 Å². The van der Waals surface area contributed by atoms with Gasteiger partial charge in [0.15, 0.2) is 5.58 Å². The average Bonchev–Trinajstić information content (AvgIpc) is 2.96. The molecule has 1 heterocycles. The Kier molecular flexibility index (Phi) is 5.27. The Morgan fingerprint density at radius 3 is 2.56 bits per heavy atom. The Morgan fingerprint density at radius 1 is 1.16 bits per heavy atom. The van der Waals surface area contributed by atoms with Crippen LogP contribution in [0.3, 0.4) is 0 Å². The van der Waals surface area contributed by atoms with Gasteiger partial charge in [0.05, 0.1) is 0 Å². The number of hydrogen-bond acceptors (Lipinski definition) is 4. The highest BCUT2D eigenvalue weighted by Gasteiger charge is 2.13. The van der Waals surface area contributed by atoms with Crippen LogP contribution in [-0.4, -0.2) is 43.0 Å². The first-order chi connectivity index (χ1) is 11.9. The summed E-state index contributed by atoms with van der Waals surface area (Å²) in [6.45, 7) is 1.35. The van der Waals surface area contributed by atoms with E-state index in [1.165, 1.54) is 0 Å². The monoisotopic (exact) mass is 377 g/mol. The van der Waals surface area contributed by atoms with Gasteiger partial charge in [0.2, 0.25) is 5.89 Å². The molecule has 2 aromatic carbocycles. The number of aromatic nitrogens is 1. The van der Waals surface area contributed by atoms with Crippen molar-refractivity contribution in [1.82, 2.24) is 15.2 Å². The first-order valence-corrected chi connectivity index (χ1v) is 8.48. The lowest BCUT2D eigenvalue weighted by molar-refractivity contribution is 0.0951. The zero-order chi connectivity index (χ0) is 18.0. The number of carbonyl (C=O) groups excluding carboxylic acids is 1. The van der Waals surface area contributed by atoms with Gasteiger partial charge in [-0.25, -0.2) is 4.98 Å². The minimum absolute atomic E-state index is 0.146. The molecule has 0 atom stereocenters. The molecule has 0 aliphatic rings. The van der Waals surface area contributed by atoms with E-state index in [1.807, 2.05) is 19.0 Å². The third kappa shape index (κ3) is 4.31. The van der Waals surface area contributed by atoms with Crippen molar-refractivity contribution in [1.29, 1.82) is 0 Å². The summed E-state index contributed by atoms with van der Waals surface area (Å²) in [4.78, 5) is 18.6. The maximum atomic E-state index is 12.2. The lowest BCUT2D eigenvalue weighted by Crippen LogP contribution is -2.31. The highest BCUT2D eigenvalue weighted by Crippen LogP contribution is 2.29. The van der Waals surface area contributed by atoms with Crippen molar-refractivity contribution in [3.05, 3.63) is 52.0 Å². The van der Waals surface area contributed by atoms with Gasteiger partial charge >= 0.3 is 0 Å². The Bertz CT molecular complexity index is 902. The van der Waals surface area contributed by atoms with Crippen LogP contribution in [0.5, 0.6) is 0 Å². The molecule has 0 bridgehead atoms. The number of hydrogen-bond donors (Lipinski definition) is 1. The third-order valence-electron chi connectivity index (χ3n) is 3.60. The number of fused-ring (bicyclic) bond motifs is 1. The summed E-state index contributed by atoms with van der Waals surface area (Å²) in [5.74, 6) is 0.261. The van der Waals surface area contributed by atoms with Crippen LogP contribution < -0.4 is 5.32 Å². The zero-order valence-electron chi connectivity index (χ0n) is 13.8. The van der Waals surface area contributed by atoms with Gasteiger partial charge in [0, 0.05) is 34.3 Å². The normalized spacial score (nSPS) is 11.2. The standard InChI is InChI=1S/C18H17Cl2N3O2/c1-23(2)6-5-21-17(24)11-3-4-15-16(9-11)25-18(22-15)12-7-13(19)10-14(20)8-12/h3-4,7-10H,5-6H2,1-2H3,(H,21,24). The molecule has 0 radical (unpaired) electrons. The van der Waals surface area contributed by atoms with Gasteiger partial charge in [-0.05, 0) is 50.5 Å². The van der Waals surface area contributed by atoms with Crippen LogP contribution >= 0.6 is 23.2 Å². The predicted molar refractivity (Wildman–Crippen MR) is 100 cm³/mol. The summed E-state index contributed by atoms with van der Waals surface area (Å²) in [5.41, 5.74) is 2.41. The van der Waals surface area contributed by atoms with Crippen molar-refractivity contribution in [2.75, 3.05) is 27.2 Å². The molecular formula is C18H17Cl2N3O2. The van der Waals surface area contributed by atoms with Crippen molar-refractivity contribution in [2.24, 2.45) is 0 Å². The van der Waals surface area contributed by atoms with Crippen molar-refractivity contribution in [3.8, 4) is 11.5 Å². The number of nitrogens with zero attached hydrogens (tertiary/aromatic N) is 2. The van der Waals surface area contributed by atoms with E-state index >= 15 is 0 Å². The van der Waals surface area contributed by atoms with Crippen molar-refractivity contribution in [3.63, 3.8) is 0 Å². The maximum Gasteiger partial charge on any atom is 0.251 e. The number of benzene rings is 2. The maximum absolute atomic E-state index is 12.2. The van der Waals surface area contributed by atoms with Crippen LogP contribution in [0.4, 0.5) is 0 Å². The second-order valence-corrected chi connectivity index (χ2v) is 6.79. The summed E-state index contributed by atoms with van der Waals surface area (Å²) in [6, 6.07) is 10.3. The molecule has 0 spiro atoms. The molecule has 0 saturated carbocycles. The molecule has 1 aromatic heterocycles. The van der Waals surface area contributed by atoms with Gasteiger partial charge in [-0.15, -0.1) is 0 Å². The molecular weight excluding hydrogens is 361 g/mol. The fraction of sp³-hybridized carbons (Fsp3) is 0.222. The summed E-state index contributed by atoms with van der Waals surface area (Å²) < 4.78 is 5.78. The second-order valence-electron chi connectivity index (χ2n) is 5.92. The summed E-state index contributed by atoms with van der Waals surface area (Å²) in [6.07, 6.45) is 0. The molecule has 3 aromatic rings. The number of oxazole rings is 1.